The normalized spacial score (nSPS) is 19.0. The fourth-order valence-corrected chi connectivity index (χ4v) is 3.14. The van der Waals surface area contributed by atoms with Gasteiger partial charge in [-0.3, -0.25) is 4.79 Å². The third kappa shape index (κ3) is 3.19. The van der Waals surface area contributed by atoms with Crippen LogP contribution in [0.2, 0.25) is 0 Å². The summed E-state index contributed by atoms with van der Waals surface area (Å²) in [5, 5.41) is 2.87. The molecule has 25 heavy (non-hydrogen) atoms. The number of ether oxygens (including phenoxy) is 2. The first kappa shape index (κ1) is 16.0. The van der Waals surface area contributed by atoms with Gasteiger partial charge in [0.1, 0.15) is 11.8 Å². The fourth-order valence-electron chi connectivity index (χ4n) is 2.79. The van der Waals surface area contributed by atoms with Crippen molar-refractivity contribution in [2.24, 2.45) is 0 Å². The zero-order chi connectivity index (χ0) is 17.4. The highest BCUT2D eigenvalue weighted by molar-refractivity contribution is 9.10. The molecule has 2 atom stereocenters. The molecule has 0 fully saturated rings. The van der Waals surface area contributed by atoms with Gasteiger partial charge in [0.15, 0.2) is 11.5 Å². The second-order valence-electron chi connectivity index (χ2n) is 5.87. The fraction of sp³-hybridized carbons (Fsp3) is 0.222. The number of benzene rings is 1. The van der Waals surface area contributed by atoms with Crippen LogP contribution in [-0.4, -0.2) is 27.5 Å². The van der Waals surface area contributed by atoms with Crippen LogP contribution in [-0.2, 0) is 11.3 Å². The molecule has 0 aliphatic carbocycles. The number of carbonyl (C=O) groups is 1. The number of hydrogen-bond acceptors (Lipinski definition) is 4. The first-order valence-electron chi connectivity index (χ1n) is 7.93. The van der Waals surface area contributed by atoms with Crippen molar-refractivity contribution in [3.63, 3.8) is 0 Å². The summed E-state index contributed by atoms with van der Waals surface area (Å²) in [6, 6.07) is 11.2. The average molecular weight is 402 g/mol. The highest BCUT2D eigenvalue weighted by Gasteiger charge is 2.33. The van der Waals surface area contributed by atoms with Crippen molar-refractivity contribution in [2.45, 2.75) is 25.7 Å². The Kier molecular flexibility index (Phi) is 4.09. The molecule has 1 N–H and O–H groups in total. The molecule has 2 aromatic heterocycles. The van der Waals surface area contributed by atoms with E-state index in [0.29, 0.717) is 18.0 Å². The van der Waals surface area contributed by atoms with Crippen LogP contribution in [0, 0.1) is 0 Å². The number of pyridine rings is 1. The quantitative estimate of drug-likeness (QED) is 0.732. The van der Waals surface area contributed by atoms with Crippen LogP contribution < -0.4 is 14.8 Å². The number of carbonyl (C=O) groups excluding carboxylic acids is 1. The molecule has 3 heterocycles. The van der Waals surface area contributed by atoms with Gasteiger partial charge in [0.25, 0.3) is 5.91 Å². The maximum Gasteiger partial charge on any atom is 0.265 e. The minimum atomic E-state index is -0.693. The Hall–Kier alpha value is -2.54. The monoisotopic (exact) mass is 401 g/mol. The lowest BCUT2D eigenvalue weighted by molar-refractivity contribution is -0.133. The van der Waals surface area contributed by atoms with Crippen molar-refractivity contribution in [2.75, 3.05) is 0 Å². The van der Waals surface area contributed by atoms with E-state index in [0.717, 1.165) is 15.8 Å². The Balaban J connectivity index is 1.44. The SMILES string of the molecule is C[C@H]1Oc2ccccc2O[C@H]1C(=O)NCc1cn2cc(Br)ccc2n1. The summed E-state index contributed by atoms with van der Waals surface area (Å²) in [6.45, 7) is 2.15. The Morgan fingerprint density at radius 2 is 1.96 bits per heavy atom. The van der Waals surface area contributed by atoms with Gasteiger partial charge in [0, 0.05) is 16.9 Å². The van der Waals surface area contributed by atoms with Crippen LogP contribution in [0.5, 0.6) is 11.5 Å². The third-order valence-corrected chi connectivity index (χ3v) is 4.48. The molecule has 0 spiro atoms. The molecule has 1 aromatic carbocycles. The number of imidazole rings is 1. The van der Waals surface area contributed by atoms with Crippen LogP contribution in [0.15, 0.2) is 53.3 Å². The van der Waals surface area contributed by atoms with E-state index in [-0.39, 0.29) is 12.0 Å². The standard InChI is InChI=1S/C18H16BrN3O3/c1-11-17(25-15-5-3-2-4-14(15)24-11)18(23)20-8-13-10-22-9-12(19)6-7-16(22)21-13/h2-7,9-11,17H,8H2,1H3,(H,20,23)/t11-,17-/m1/s1. The first-order valence-corrected chi connectivity index (χ1v) is 8.72. The van der Waals surface area contributed by atoms with Gasteiger partial charge in [-0.1, -0.05) is 12.1 Å². The molecule has 3 aromatic rings. The number of amides is 1. The zero-order valence-electron chi connectivity index (χ0n) is 13.5. The van der Waals surface area contributed by atoms with Crippen LogP contribution in [0.25, 0.3) is 5.65 Å². The summed E-state index contributed by atoms with van der Waals surface area (Å²) in [6.07, 6.45) is 2.75. The van der Waals surface area contributed by atoms with E-state index in [1.54, 1.807) is 6.07 Å². The largest absolute Gasteiger partial charge is 0.482 e. The summed E-state index contributed by atoms with van der Waals surface area (Å²) >= 11 is 3.43. The van der Waals surface area contributed by atoms with Crippen molar-refractivity contribution in [3.8, 4) is 11.5 Å². The zero-order valence-corrected chi connectivity index (χ0v) is 15.1. The third-order valence-electron chi connectivity index (χ3n) is 4.01. The number of rotatable bonds is 3. The molecular weight excluding hydrogens is 386 g/mol. The van der Waals surface area contributed by atoms with Crippen molar-refractivity contribution >= 4 is 27.5 Å². The summed E-state index contributed by atoms with van der Waals surface area (Å²) in [5.41, 5.74) is 1.60. The molecule has 0 saturated heterocycles. The van der Waals surface area contributed by atoms with Gasteiger partial charge >= 0.3 is 0 Å². The molecule has 0 saturated carbocycles. The second-order valence-corrected chi connectivity index (χ2v) is 6.79. The van der Waals surface area contributed by atoms with Gasteiger partial charge in [-0.25, -0.2) is 4.98 Å². The lowest BCUT2D eigenvalue weighted by Crippen LogP contribution is -2.48. The molecular formula is C18H16BrN3O3. The van der Waals surface area contributed by atoms with E-state index in [9.17, 15) is 4.79 Å². The number of fused-ring (bicyclic) bond motifs is 2. The average Bonchev–Trinajstić information content (AvgIpc) is 3.01. The number of para-hydroxylation sites is 2. The van der Waals surface area contributed by atoms with Crippen LogP contribution >= 0.6 is 15.9 Å². The van der Waals surface area contributed by atoms with E-state index in [2.05, 4.69) is 26.2 Å². The molecule has 0 radical (unpaired) electrons. The van der Waals surface area contributed by atoms with Crippen molar-refractivity contribution < 1.29 is 14.3 Å². The summed E-state index contributed by atoms with van der Waals surface area (Å²) < 4.78 is 14.4. The van der Waals surface area contributed by atoms with E-state index in [1.807, 2.05) is 54.0 Å². The minimum Gasteiger partial charge on any atom is -0.482 e. The van der Waals surface area contributed by atoms with Gasteiger partial charge in [-0.05, 0) is 47.1 Å². The van der Waals surface area contributed by atoms with Gasteiger partial charge in [0.2, 0.25) is 6.10 Å². The lowest BCUT2D eigenvalue weighted by atomic mass is 10.1. The summed E-state index contributed by atoms with van der Waals surface area (Å²) in [4.78, 5) is 17.0. The minimum absolute atomic E-state index is 0.222. The number of nitrogens with zero attached hydrogens (tertiary/aromatic N) is 2. The van der Waals surface area contributed by atoms with E-state index >= 15 is 0 Å². The number of aromatic nitrogens is 2. The molecule has 7 heteroatoms. The van der Waals surface area contributed by atoms with E-state index in [4.69, 9.17) is 9.47 Å². The maximum absolute atomic E-state index is 12.5. The van der Waals surface area contributed by atoms with Crippen LogP contribution in [0.1, 0.15) is 12.6 Å². The van der Waals surface area contributed by atoms with E-state index < -0.39 is 6.10 Å². The Morgan fingerprint density at radius 3 is 2.76 bits per heavy atom. The highest BCUT2D eigenvalue weighted by atomic mass is 79.9. The second kappa shape index (κ2) is 6.40. The van der Waals surface area contributed by atoms with Gasteiger partial charge in [0.05, 0.1) is 12.2 Å². The smallest absolute Gasteiger partial charge is 0.265 e. The van der Waals surface area contributed by atoms with Gasteiger partial charge in [-0.2, -0.15) is 0 Å². The highest BCUT2D eigenvalue weighted by Crippen LogP contribution is 2.33. The summed E-state index contributed by atoms with van der Waals surface area (Å²) in [7, 11) is 0. The summed E-state index contributed by atoms with van der Waals surface area (Å²) in [5.74, 6) is 1.02. The van der Waals surface area contributed by atoms with Crippen molar-refractivity contribution in [3.05, 3.63) is 59.0 Å². The Bertz CT molecular complexity index is 940. The Labute approximate surface area is 152 Å². The predicted molar refractivity (Wildman–Crippen MR) is 95.7 cm³/mol. The number of halogens is 1. The number of nitrogens with one attached hydrogen (secondary N) is 1. The van der Waals surface area contributed by atoms with Gasteiger partial charge < -0.3 is 19.2 Å². The molecule has 1 aliphatic rings. The molecule has 0 bridgehead atoms. The predicted octanol–water partition coefficient (Wildman–Crippen LogP) is 2.94. The molecule has 0 unspecified atom stereocenters. The molecule has 6 nitrogen and oxygen atoms in total. The molecule has 1 amide bonds. The van der Waals surface area contributed by atoms with Gasteiger partial charge in [-0.15, -0.1) is 0 Å². The van der Waals surface area contributed by atoms with Crippen molar-refractivity contribution in [1.29, 1.82) is 0 Å². The van der Waals surface area contributed by atoms with Crippen molar-refractivity contribution in [1.82, 2.24) is 14.7 Å². The molecule has 4 rings (SSSR count). The lowest BCUT2D eigenvalue weighted by Gasteiger charge is -2.30. The first-order chi connectivity index (χ1) is 12.1. The Morgan fingerprint density at radius 1 is 1.20 bits per heavy atom. The molecule has 1 aliphatic heterocycles. The van der Waals surface area contributed by atoms with Crippen LogP contribution in [0.3, 0.4) is 0 Å². The molecule has 128 valence electrons. The van der Waals surface area contributed by atoms with E-state index in [1.165, 1.54) is 0 Å². The topological polar surface area (TPSA) is 64.9 Å². The number of hydrogen-bond donors (Lipinski definition) is 1. The van der Waals surface area contributed by atoms with Crippen LogP contribution in [0.4, 0.5) is 0 Å². The maximum atomic E-state index is 12.5.